The van der Waals surface area contributed by atoms with Gasteiger partial charge in [-0.05, 0) is 49.9 Å². The Kier molecular flexibility index (Phi) is 7.46. The second-order valence-corrected chi connectivity index (χ2v) is 7.82. The van der Waals surface area contributed by atoms with E-state index in [-0.39, 0.29) is 6.04 Å². The molecule has 0 radical (unpaired) electrons. The lowest BCUT2D eigenvalue weighted by Gasteiger charge is -2.42. The maximum absolute atomic E-state index is 13.1. The predicted molar refractivity (Wildman–Crippen MR) is 119 cm³/mol. The van der Waals surface area contributed by atoms with E-state index in [0.717, 1.165) is 73.7 Å². The number of hydrogen-bond donors (Lipinski definition) is 0. The number of methoxy groups -OCH3 is 1. The van der Waals surface area contributed by atoms with Crippen molar-refractivity contribution in [3.63, 3.8) is 0 Å². The maximum Gasteiger partial charge on any atom is 0.416 e. The van der Waals surface area contributed by atoms with Crippen molar-refractivity contribution in [2.24, 2.45) is 4.99 Å². The van der Waals surface area contributed by atoms with E-state index in [1.165, 1.54) is 0 Å². The standard InChI is InChI=1S/C24H30F3N3O/c1-4-5-6-18(2)29-15-12-21(13-16-29)30(22-17-28-14-11-23(22)31-3)20-9-7-19(8-10-20)24(25,26)27/h4,7-10,17,21H,1-2,5-6,11-16H2,3H3. The summed E-state index contributed by atoms with van der Waals surface area (Å²) in [6.45, 7) is 10.3. The number of halogens is 3. The van der Waals surface area contributed by atoms with Crippen LogP contribution in [0.3, 0.4) is 0 Å². The predicted octanol–water partition coefficient (Wildman–Crippen LogP) is 5.79. The van der Waals surface area contributed by atoms with Gasteiger partial charge in [-0.25, -0.2) is 0 Å². The number of anilines is 1. The Hall–Kier alpha value is -2.70. The Morgan fingerprint density at radius 2 is 1.94 bits per heavy atom. The quantitative estimate of drug-likeness (QED) is 0.486. The van der Waals surface area contributed by atoms with Gasteiger partial charge in [0.25, 0.3) is 0 Å². The van der Waals surface area contributed by atoms with Crippen molar-refractivity contribution in [3.05, 3.63) is 66.2 Å². The molecule has 31 heavy (non-hydrogen) atoms. The van der Waals surface area contributed by atoms with Gasteiger partial charge in [0.15, 0.2) is 0 Å². The third-order valence-electron chi connectivity index (χ3n) is 5.86. The first-order valence-corrected chi connectivity index (χ1v) is 10.6. The molecule has 7 heteroatoms. The van der Waals surface area contributed by atoms with Crippen LogP contribution in [0.4, 0.5) is 18.9 Å². The second-order valence-electron chi connectivity index (χ2n) is 7.82. The minimum atomic E-state index is -4.36. The first kappa shape index (κ1) is 23.0. The number of alkyl halides is 3. The van der Waals surface area contributed by atoms with E-state index in [1.807, 2.05) is 6.08 Å². The normalized spacial score (nSPS) is 17.6. The zero-order chi connectivity index (χ0) is 22.4. The molecule has 168 valence electrons. The van der Waals surface area contributed by atoms with Gasteiger partial charge < -0.3 is 14.5 Å². The van der Waals surface area contributed by atoms with Gasteiger partial charge in [0.1, 0.15) is 5.76 Å². The summed E-state index contributed by atoms with van der Waals surface area (Å²) in [5, 5.41) is 0. The number of benzene rings is 1. The van der Waals surface area contributed by atoms with Gasteiger partial charge in [-0.1, -0.05) is 12.7 Å². The summed E-state index contributed by atoms with van der Waals surface area (Å²) in [6.07, 6.45) is 3.52. The average Bonchev–Trinajstić information content (AvgIpc) is 2.78. The van der Waals surface area contributed by atoms with Crippen LogP contribution in [-0.4, -0.2) is 43.9 Å². The molecule has 1 aromatic carbocycles. The van der Waals surface area contributed by atoms with Crippen molar-refractivity contribution in [1.29, 1.82) is 0 Å². The second kappa shape index (κ2) is 10.1. The van der Waals surface area contributed by atoms with Gasteiger partial charge in [-0.2, -0.15) is 13.2 Å². The SMILES string of the molecule is C=CCCC(=C)N1CCC(N(C2=C(OC)CCN=C2)c2ccc(C(F)(F)F)cc2)CC1. The van der Waals surface area contributed by atoms with Gasteiger partial charge in [-0.15, -0.1) is 6.58 Å². The highest BCUT2D eigenvalue weighted by molar-refractivity contribution is 5.86. The molecule has 1 aromatic rings. The van der Waals surface area contributed by atoms with Crippen LogP contribution >= 0.6 is 0 Å². The summed E-state index contributed by atoms with van der Waals surface area (Å²) in [5.74, 6) is 0.813. The Morgan fingerprint density at radius 3 is 2.52 bits per heavy atom. The summed E-state index contributed by atoms with van der Waals surface area (Å²) in [4.78, 5) is 8.81. The van der Waals surface area contributed by atoms with Crippen molar-refractivity contribution < 1.29 is 17.9 Å². The monoisotopic (exact) mass is 433 g/mol. The smallest absolute Gasteiger partial charge is 0.416 e. The van der Waals surface area contributed by atoms with E-state index in [1.54, 1.807) is 25.5 Å². The number of piperidine rings is 1. The van der Waals surface area contributed by atoms with E-state index >= 15 is 0 Å². The summed E-state index contributed by atoms with van der Waals surface area (Å²) in [6, 6.07) is 5.50. The summed E-state index contributed by atoms with van der Waals surface area (Å²) < 4.78 is 44.8. The number of ether oxygens (including phenoxy) is 1. The number of likely N-dealkylation sites (tertiary alicyclic amines) is 1. The Balaban J connectivity index is 1.86. The van der Waals surface area contributed by atoms with Crippen molar-refractivity contribution in [2.45, 2.75) is 44.3 Å². The lowest BCUT2D eigenvalue weighted by Crippen LogP contribution is -2.45. The van der Waals surface area contributed by atoms with Gasteiger partial charge in [0.05, 0.1) is 18.4 Å². The molecule has 0 aliphatic carbocycles. The summed E-state index contributed by atoms with van der Waals surface area (Å²) in [7, 11) is 1.63. The van der Waals surface area contributed by atoms with Crippen LogP contribution in [0.25, 0.3) is 0 Å². The largest absolute Gasteiger partial charge is 0.499 e. The molecule has 1 fully saturated rings. The highest BCUT2D eigenvalue weighted by atomic mass is 19.4. The first-order valence-electron chi connectivity index (χ1n) is 10.6. The number of allylic oxidation sites excluding steroid dienone is 3. The van der Waals surface area contributed by atoms with Crippen LogP contribution in [0.5, 0.6) is 0 Å². The van der Waals surface area contributed by atoms with E-state index in [2.05, 4.69) is 28.0 Å². The van der Waals surface area contributed by atoms with Crippen LogP contribution in [0.2, 0.25) is 0 Å². The minimum absolute atomic E-state index is 0.130. The van der Waals surface area contributed by atoms with Crippen LogP contribution in [0.15, 0.2) is 65.6 Å². The molecule has 0 unspecified atom stereocenters. The molecule has 2 aliphatic heterocycles. The number of nitrogens with zero attached hydrogens (tertiary/aromatic N) is 3. The number of dihydropyridines is 1. The fourth-order valence-corrected chi connectivity index (χ4v) is 4.15. The lowest BCUT2D eigenvalue weighted by molar-refractivity contribution is -0.137. The first-order chi connectivity index (χ1) is 14.8. The molecule has 3 rings (SSSR count). The van der Waals surface area contributed by atoms with Crippen molar-refractivity contribution >= 4 is 11.9 Å². The highest BCUT2D eigenvalue weighted by Crippen LogP contribution is 2.35. The molecule has 0 saturated carbocycles. The fraction of sp³-hybridized carbons (Fsp3) is 0.458. The van der Waals surface area contributed by atoms with Crippen molar-refractivity contribution in [2.75, 3.05) is 31.6 Å². The molecule has 0 amide bonds. The van der Waals surface area contributed by atoms with Crippen LogP contribution in [-0.2, 0) is 10.9 Å². The molecule has 0 N–H and O–H groups in total. The molecule has 2 heterocycles. The van der Waals surface area contributed by atoms with E-state index in [0.29, 0.717) is 13.0 Å². The van der Waals surface area contributed by atoms with Crippen molar-refractivity contribution in [3.8, 4) is 0 Å². The molecule has 4 nitrogen and oxygen atoms in total. The van der Waals surface area contributed by atoms with Crippen LogP contribution in [0, 0.1) is 0 Å². The zero-order valence-corrected chi connectivity index (χ0v) is 18.0. The van der Waals surface area contributed by atoms with E-state index in [4.69, 9.17) is 4.74 Å². The van der Waals surface area contributed by atoms with Gasteiger partial charge in [0, 0.05) is 49.7 Å². The fourth-order valence-electron chi connectivity index (χ4n) is 4.15. The molecule has 0 atom stereocenters. The molecular weight excluding hydrogens is 403 g/mol. The average molecular weight is 434 g/mol. The van der Waals surface area contributed by atoms with Gasteiger partial charge in [-0.3, -0.25) is 4.99 Å². The summed E-state index contributed by atoms with van der Waals surface area (Å²) >= 11 is 0. The third kappa shape index (κ3) is 5.51. The molecule has 0 spiro atoms. The van der Waals surface area contributed by atoms with Crippen molar-refractivity contribution in [1.82, 2.24) is 4.90 Å². The topological polar surface area (TPSA) is 28.1 Å². The Labute approximate surface area is 182 Å². The molecule has 2 aliphatic rings. The van der Waals surface area contributed by atoms with Gasteiger partial charge in [0.2, 0.25) is 0 Å². The number of rotatable bonds is 8. The van der Waals surface area contributed by atoms with Crippen LogP contribution < -0.4 is 4.90 Å². The maximum atomic E-state index is 13.1. The molecule has 1 saturated heterocycles. The van der Waals surface area contributed by atoms with Gasteiger partial charge >= 0.3 is 6.18 Å². The Bertz CT molecular complexity index is 835. The molecular formula is C24H30F3N3O. The zero-order valence-electron chi connectivity index (χ0n) is 18.0. The third-order valence-corrected chi connectivity index (χ3v) is 5.86. The molecule has 0 bridgehead atoms. The molecule has 0 aromatic heterocycles. The van der Waals surface area contributed by atoms with Crippen LogP contribution in [0.1, 0.15) is 37.7 Å². The minimum Gasteiger partial charge on any atom is -0.499 e. The highest BCUT2D eigenvalue weighted by Gasteiger charge is 2.32. The number of hydrogen-bond acceptors (Lipinski definition) is 4. The van der Waals surface area contributed by atoms with E-state index in [9.17, 15) is 13.2 Å². The number of aliphatic imine (C=N–C) groups is 1. The Morgan fingerprint density at radius 1 is 1.26 bits per heavy atom. The van der Waals surface area contributed by atoms with E-state index < -0.39 is 11.7 Å². The lowest BCUT2D eigenvalue weighted by atomic mass is 9.99. The summed E-state index contributed by atoms with van der Waals surface area (Å²) in [5.41, 5.74) is 2.01.